The van der Waals surface area contributed by atoms with Crippen LogP contribution < -0.4 is 14.2 Å². The first-order chi connectivity index (χ1) is 20.1. The second kappa shape index (κ2) is 10.5. The zero-order valence-electron chi connectivity index (χ0n) is 25.5. The van der Waals surface area contributed by atoms with E-state index in [-0.39, 0.29) is 28.4 Å². The van der Waals surface area contributed by atoms with E-state index in [0.717, 1.165) is 43.2 Å². The Kier molecular flexibility index (Phi) is 7.21. The molecule has 3 fully saturated rings. The molecule has 2 aliphatic carbocycles. The molecule has 2 aliphatic heterocycles. The van der Waals surface area contributed by atoms with Crippen molar-refractivity contribution >= 4 is 5.91 Å². The number of amides is 1. The Hall–Kier alpha value is -3.23. The number of aromatic hydroxyl groups is 1. The van der Waals surface area contributed by atoms with Crippen LogP contribution in [0.3, 0.4) is 0 Å². The monoisotopic (exact) mass is 577 g/mol. The molecule has 0 radical (unpaired) electrons. The van der Waals surface area contributed by atoms with Gasteiger partial charge in [0.1, 0.15) is 11.5 Å². The van der Waals surface area contributed by atoms with Crippen LogP contribution in [-0.2, 0) is 29.0 Å². The summed E-state index contributed by atoms with van der Waals surface area (Å²) in [6.07, 6.45) is 5.40. The quantitative estimate of drug-likeness (QED) is 0.403. The topological polar surface area (TPSA) is 86.7 Å². The highest BCUT2D eigenvalue weighted by Crippen LogP contribution is 2.66. The van der Waals surface area contributed by atoms with Crippen LogP contribution in [0.25, 0.3) is 0 Å². The normalized spacial score (nSPS) is 28.1. The molecule has 0 aromatic heterocycles. The van der Waals surface area contributed by atoms with E-state index >= 15 is 0 Å². The smallest absolute Gasteiger partial charge is 0.255 e. The molecule has 0 bridgehead atoms. The van der Waals surface area contributed by atoms with Gasteiger partial charge in [-0.25, -0.2) is 0 Å². The summed E-state index contributed by atoms with van der Waals surface area (Å²) in [6, 6.07) is 7.44. The van der Waals surface area contributed by atoms with Gasteiger partial charge in [-0.15, -0.1) is 0 Å². The van der Waals surface area contributed by atoms with Crippen molar-refractivity contribution in [3.05, 3.63) is 58.7 Å². The van der Waals surface area contributed by atoms with E-state index in [0.29, 0.717) is 61.1 Å². The Balaban J connectivity index is 1.32. The highest BCUT2D eigenvalue weighted by molar-refractivity contribution is 6.00. The maximum absolute atomic E-state index is 13.6. The molecule has 3 atom stereocenters. The highest BCUT2D eigenvalue weighted by Gasteiger charge is 2.64. The molecule has 2 aromatic rings. The minimum absolute atomic E-state index is 0.134. The number of fused-ring (bicyclic) bond motifs is 3. The van der Waals surface area contributed by atoms with Gasteiger partial charge in [-0.1, -0.05) is 32.1 Å². The Morgan fingerprint density at radius 2 is 1.74 bits per heavy atom. The number of allylic oxidation sites excluding steroid dienone is 1. The van der Waals surface area contributed by atoms with Crippen LogP contribution in [0.15, 0.2) is 36.4 Å². The Labute approximate surface area is 248 Å². The van der Waals surface area contributed by atoms with Gasteiger partial charge in [0.15, 0.2) is 17.3 Å². The van der Waals surface area contributed by atoms with E-state index in [1.165, 1.54) is 5.57 Å². The van der Waals surface area contributed by atoms with Crippen LogP contribution in [0.5, 0.6) is 23.0 Å². The molecule has 1 amide bonds. The van der Waals surface area contributed by atoms with Crippen LogP contribution in [0.4, 0.5) is 0 Å². The summed E-state index contributed by atoms with van der Waals surface area (Å²) in [7, 11) is 4.79. The first kappa shape index (κ1) is 28.9. The van der Waals surface area contributed by atoms with Gasteiger partial charge < -0.3 is 33.7 Å². The van der Waals surface area contributed by atoms with Crippen LogP contribution in [0.1, 0.15) is 73.0 Å². The van der Waals surface area contributed by atoms with E-state index in [1.807, 2.05) is 18.2 Å². The number of carbonyl (C=O) groups is 1. The van der Waals surface area contributed by atoms with Gasteiger partial charge in [-0.2, -0.15) is 0 Å². The third kappa shape index (κ3) is 4.21. The molecule has 1 saturated heterocycles. The molecule has 2 heterocycles. The lowest BCUT2D eigenvalue weighted by Gasteiger charge is -2.61. The molecule has 6 rings (SSSR count). The minimum atomic E-state index is -0.557. The molecule has 1 spiro atoms. The lowest BCUT2D eigenvalue weighted by Crippen LogP contribution is -2.60. The highest BCUT2D eigenvalue weighted by atomic mass is 16.7. The van der Waals surface area contributed by atoms with Crippen LogP contribution in [0.2, 0.25) is 0 Å². The predicted octanol–water partition coefficient (Wildman–Crippen LogP) is 6.02. The zero-order chi connectivity index (χ0) is 29.9. The van der Waals surface area contributed by atoms with Crippen molar-refractivity contribution in [1.29, 1.82) is 0 Å². The van der Waals surface area contributed by atoms with Gasteiger partial charge in [-0.3, -0.25) is 4.79 Å². The third-order valence-corrected chi connectivity index (χ3v) is 10.8. The first-order valence-electron chi connectivity index (χ1n) is 15.0. The van der Waals surface area contributed by atoms with E-state index < -0.39 is 5.79 Å². The molecule has 1 N–H and O–H groups in total. The fourth-order valence-electron chi connectivity index (χ4n) is 8.48. The lowest BCUT2D eigenvalue weighted by atomic mass is 9.46. The number of benzene rings is 2. The van der Waals surface area contributed by atoms with Gasteiger partial charge in [0.05, 0.1) is 46.7 Å². The van der Waals surface area contributed by atoms with Crippen molar-refractivity contribution in [3.8, 4) is 23.0 Å². The van der Waals surface area contributed by atoms with Gasteiger partial charge in [-0.05, 0) is 67.2 Å². The number of methoxy groups -OCH3 is 3. The molecule has 4 aliphatic rings. The van der Waals surface area contributed by atoms with Crippen molar-refractivity contribution in [2.24, 2.45) is 16.7 Å². The second-order valence-electron chi connectivity index (χ2n) is 12.8. The Bertz CT molecular complexity index is 1410. The average Bonchev–Trinajstić information content (AvgIpc) is 3.59. The van der Waals surface area contributed by atoms with Gasteiger partial charge in [0.25, 0.3) is 5.91 Å². The summed E-state index contributed by atoms with van der Waals surface area (Å²) in [4.78, 5) is 15.3. The summed E-state index contributed by atoms with van der Waals surface area (Å²) in [5, 5.41) is 11.8. The van der Waals surface area contributed by atoms with Gasteiger partial charge >= 0.3 is 0 Å². The molecular weight excluding hydrogens is 534 g/mol. The molecular formula is C34H43NO7. The fraction of sp³-hybridized carbons (Fsp3) is 0.559. The largest absolute Gasteiger partial charge is 0.507 e. The van der Waals surface area contributed by atoms with Crippen LogP contribution in [-0.4, -0.2) is 56.2 Å². The van der Waals surface area contributed by atoms with Crippen LogP contribution in [0, 0.1) is 16.7 Å². The zero-order valence-corrected chi connectivity index (χ0v) is 25.5. The molecule has 0 unspecified atom stereocenters. The average molecular weight is 578 g/mol. The number of ether oxygens (including phenoxy) is 5. The number of hydrogen-bond donors (Lipinski definition) is 1. The van der Waals surface area contributed by atoms with Gasteiger partial charge in [0.2, 0.25) is 0 Å². The minimum Gasteiger partial charge on any atom is -0.507 e. The maximum atomic E-state index is 13.6. The van der Waals surface area contributed by atoms with E-state index in [9.17, 15) is 9.90 Å². The van der Waals surface area contributed by atoms with E-state index in [2.05, 4.69) is 20.4 Å². The third-order valence-electron chi connectivity index (χ3n) is 10.8. The van der Waals surface area contributed by atoms with E-state index in [4.69, 9.17) is 23.7 Å². The molecule has 8 nitrogen and oxygen atoms in total. The number of phenols is 1. The molecule has 42 heavy (non-hydrogen) atoms. The van der Waals surface area contributed by atoms with Crippen LogP contribution >= 0.6 is 0 Å². The second-order valence-corrected chi connectivity index (χ2v) is 12.8. The van der Waals surface area contributed by atoms with Crippen molar-refractivity contribution in [2.75, 3.05) is 34.5 Å². The summed E-state index contributed by atoms with van der Waals surface area (Å²) in [6.45, 7) is 11.1. The summed E-state index contributed by atoms with van der Waals surface area (Å²) in [5.74, 6) is 1.49. The number of carbonyl (C=O) groups excluding carboxylic acids is 1. The van der Waals surface area contributed by atoms with Crippen molar-refractivity contribution < 1.29 is 33.6 Å². The van der Waals surface area contributed by atoms with Crippen molar-refractivity contribution in [1.82, 2.24) is 4.90 Å². The SMILES string of the molecule is C=C1CC[C@@]2(C)[C@@H](CCCC23OCCO3)[C@]1(C)Cc1c(OC)cc2c(c1O)CN(Cc1ccc(OC)c(OC)c1)C2=O. The molecule has 2 saturated carbocycles. The number of phenolic OH excluding ortho intramolecular Hbond substituents is 1. The fourth-order valence-corrected chi connectivity index (χ4v) is 8.48. The van der Waals surface area contributed by atoms with Gasteiger partial charge in [0, 0.05) is 29.5 Å². The standard InChI is InChI=1S/C34H43NO7/c1-21-11-13-33(3)29(8-7-12-34(33)41-14-15-42-34)32(21,2)18-24-27(39-5)17-23-25(30(24)36)20-35(31(23)37)19-22-9-10-26(38-4)28(16-22)40-6/h9-10,16-17,29,36H,1,7-8,11-15,18-20H2,2-6H3/t29-,32+,33-/m0/s1. The number of rotatable bonds is 7. The molecule has 2 aromatic carbocycles. The number of hydrogen-bond acceptors (Lipinski definition) is 7. The predicted molar refractivity (Wildman–Crippen MR) is 158 cm³/mol. The molecule has 226 valence electrons. The lowest BCUT2D eigenvalue weighted by molar-refractivity contribution is -0.285. The maximum Gasteiger partial charge on any atom is 0.255 e. The Morgan fingerprint density at radius 1 is 1.02 bits per heavy atom. The molecule has 8 heteroatoms. The Morgan fingerprint density at radius 3 is 2.43 bits per heavy atom. The first-order valence-corrected chi connectivity index (χ1v) is 15.0. The van der Waals surface area contributed by atoms with Crippen molar-refractivity contribution in [3.63, 3.8) is 0 Å². The number of nitrogens with zero attached hydrogens (tertiary/aromatic N) is 1. The van der Waals surface area contributed by atoms with Crippen molar-refractivity contribution in [2.45, 2.75) is 71.2 Å². The summed E-state index contributed by atoms with van der Waals surface area (Å²) < 4.78 is 29.4. The summed E-state index contributed by atoms with van der Waals surface area (Å²) >= 11 is 0. The van der Waals surface area contributed by atoms with E-state index in [1.54, 1.807) is 32.3 Å². The summed E-state index contributed by atoms with van der Waals surface area (Å²) in [5.41, 5.74) is 3.49.